The molecule has 10 rings (SSSR count). The lowest BCUT2D eigenvalue weighted by Gasteiger charge is -1.89. The summed E-state index contributed by atoms with van der Waals surface area (Å²) in [6.45, 7) is 24.2. The molecule has 0 aliphatic carbocycles. The van der Waals surface area contributed by atoms with Gasteiger partial charge in [-0.3, -0.25) is 20.1 Å². The predicted octanol–water partition coefficient (Wildman–Crippen LogP) is 18.2. The van der Waals surface area contributed by atoms with Crippen LogP contribution < -0.4 is 0 Å². The molecule has 0 aliphatic rings. The maximum Gasteiger partial charge on any atom is 0.131 e. The van der Waals surface area contributed by atoms with Crippen LogP contribution in [0.15, 0.2) is 191 Å². The van der Waals surface area contributed by atoms with Crippen LogP contribution in [0.3, 0.4) is 0 Å². The zero-order valence-electron chi connectivity index (χ0n) is 42.7. The van der Waals surface area contributed by atoms with Crippen molar-refractivity contribution in [2.75, 3.05) is 0 Å². The molecule has 12 heteroatoms. The van der Waals surface area contributed by atoms with Crippen LogP contribution >= 0.6 is 57.2 Å². The Kier molecular flexibility index (Phi) is 35.3. The second-order valence-electron chi connectivity index (χ2n) is 15.2. The first-order chi connectivity index (χ1) is 33.6. The van der Waals surface area contributed by atoms with E-state index in [1.54, 1.807) is 71.3 Å². The Balaban J connectivity index is 0.000000389. The molecule has 1 aromatic carbocycles. The predicted molar refractivity (Wildman–Crippen MR) is 305 cm³/mol. The Morgan fingerprint density at radius 1 is 0.543 bits per heavy atom. The normalized spacial score (nSPS) is 9.06. The van der Waals surface area contributed by atoms with Crippen molar-refractivity contribution in [1.29, 1.82) is 0 Å². The molecule has 0 unspecified atom stereocenters. The number of aryl methyl sites for hydroxylation is 12. The summed E-state index contributed by atoms with van der Waals surface area (Å²) in [6, 6.07) is 39.9. The van der Waals surface area contributed by atoms with Crippen molar-refractivity contribution in [2.24, 2.45) is 0 Å². The molecular formula is C58H70Cl2N6OS3. The summed E-state index contributed by atoms with van der Waals surface area (Å²) in [4.78, 5) is 18.1. The molecule has 0 radical (unpaired) electrons. The molecule has 9 aromatic heterocycles. The molecule has 0 atom stereocenters. The molecule has 0 spiro atoms. The lowest BCUT2D eigenvalue weighted by atomic mass is 10.2. The maximum atomic E-state index is 5.80. The van der Waals surface area contributed by atoms with Crippen LogP contribution in [0, 0.1) is 76.2 Å². The van der Waals surface area contributed by atoms with Gasteiger partial charge in [-0.05, 0) is 199 Å². The van der Waals surface area contributed by atoms with Crippen LogP contribution in [0.1, 0.15) is 72.9 Å². The van der Waals surface area contributed by atoms with Gasteiger partial charge in [0.15, 0.2) is 0 Å². The van der Waals surface area contributed by atoms with E-state index in [9.17, 15) is 0 Å². The molecule has 0 amide bonds. The van der Waals surface area contributed by atoms with Gasteiger partial charge in [-0.2, -0.15) is 16.4 Å². The molecule has 370 valence electrons. The standard InChI is InChI=1S/C7H8.C6H6ClN.C6H7ClS.3C6H7N.C6H8S.C5H8N2.C5H6O.C5H6S/c1-7-5-3-2-4-6-7;1-5-3-2-4-8-6(5)7;1-4-3-8-5(2)6(4)7;1-6-2-4-7-5-3-6;1-6-3-2-4-7-5-6;1-6-4-2-3-5-7-6;1-2-6-3-4-7-5-6;1-4-3-5(2)7-6-4;2*1-5-3-2-4-6-5/h2-6H,1H3;2-4H,1H3;3H,1-2H3;3*2-5H,1H3;3-5H,2H2,1H3;3H,1-2H3,(H,6,7);2*2-4H,1H3. The SMILES string of the molecule is CCc1ccsc1.Cc1cc(C)[nH]n1.Cc1ccccc1.Cc1ccccn1.Cc1cccnc1.Cc1cccnc1Cl.Cc1ccco1.Cc1cccs1.Cc1ccncc1.Cc1csc(C)c1Cl. The topological polar surface area (TPSA) is 93.4 Å². The van der Waals surface area contributed by atoms with Gasteiger partial charge >= 0.3 is 0 Å². The maximum absolute atomic E-state index is 5.80. The van der Waals surface area contributed by atoms with Gasteiger partial charge < -0.3 is 4.42 Å². The zero-order valence-corrected chi connectivity index (χ0v) is 46.7. The van der Waals surface area contributed by atoms with Crippen molar-refractivity contribution in [3.63, 3.8) is 0 Å². The molecule has 0 bridgehead atoms. The monoisotopic (exact) mass is 1030 g/mol. The van der Waals surface area contributed by atoms with Crippen molar-refractivity contribution >= 4 is 57.2 Å². The van der Waals surface area contributed by atoms with Gasteiger partial charge in [-0.25, -0.2) is 4.98 Å². The minimum Gasteiger partial charge on any atom is -0.470 e. The second-order valence-corrected chi connectivity index (χ2v) is 19.0. The van der Waals surface area contributed by atoms with Gasteiger partial charge in [0.05, 0.1) is 17.0 Å². The number of nitrogens with one attached hydrogen (secondary N) is 1. The van der Waals surface area contributed by atoms with Gasteiger partial charge in [-0.15, -0.1) is 22.7 Å². The number of benzene rings is 1. The minimum absolute atomic E-state index is 0.590. The summed E-state index contributed by atoms with van der Waals surface area (Å²) in [5.74, 6) is 0.968. The first-order valence-electron chi connectivity index (χ1n) is 22.5. The number of furan rings is 1. The second kappa shape index (κ2) is 39.8. The Bertz CT molecular complexity index is 2420. The Morgan fingerprint density at radius 3 is 1.46 bits per heavy atom. The summed E-state index contributed by atoms with van der Waals surface area (Å²) in [5, 5.41) is 16.7. The fraction of sp³-hybridized carbons (Fsp3) is 0.224. The summed E-state index contributed by atoms with van der Waals surface area (Å²) in [6.07, 6.45) is 13.5. The van der Waals surface area contributed by atoms with Crippen LogP contribution in [-0.2, 0) is 6.42 Å². The number of hydrogen-bond donors (Lipinski definition) is 1. The van der Waals surface area contributed by atoms with Gasteiger partial charge in [0.1, 0.15) is 10.9 Å². The van der Waals surface area contributed by atoms with Crippen molar-refractivity contribution < 1.29 is 4.42 Å². The van der Waals surface area contributed by atoms with Crippen molar-refractivity contribution in [3.8, 4) is 0 Å². The third-order valence-electron chi connectivity index (χ3n) is 8.57. The molecule has 0 saturated heterocycles. The highest BCUT2D eigenvalue weighted by Crippen LogP contribution is 2.25. The van der Waals surface area contributed by atoms with E-state index in [1.165, 1.54) is 44.0 Å². The highest BCUT2D eigenvalue weighted by atomic mass is 35.5. The lowest BCUT2D eigenvalue weighted by molar-refractivity contribution is 0.534. The average molecular weight is 1030 g/mol. The van der Waals surface area contributed by atoms with Crippen LogP contribution in [0.4, 0.5) is 0 Å². The first-order valence-corrected chi connectivity index (χ1v) is 26.0. The third kappa shape index (κ3) is 34.3. The number of aromatic amines is 1. The van der Waals surface area contributed by atoms with E-state index in [4.69, 9.17) is 27.6 Å². The summed E-state index contributed by atoms with van der Waals surface area (Å²) < 4.78 is 4.83. The summed E-state index contributed by atoms with van der Waals surface area (Å²) >= 11 is 16.6. The number of thiophene rings is 3. The molecule has 0 aliphatic heterocycles. The largest absolute Gasteiger partial charge is 0.470 e. The molecule has 0 fully saturated rings. The number of halogens is 2. The number of aromatic nitrogens is 6. The quantitative estimate of drug-likeness (QED) is 0.165. The van der Waals surface area contributed by atoms with E-state index >= 15 is 0 Å². The van der Waals surface area contributed by atoms with E-state index in [0.29, 0.717) is 5.15 Å². The molecule has 70 heavy (non-hydrogen) atoms. The number of hydrogen-bond acceptors (Lipinski definition) is 9. The van der Waals surface area contributed by atoms with Gasteiger partial charge in [0, 0.05) is 58.3 Å². The Hall–Kier alpha value is -6.01. The summed E-state index contributed by atoms with van der Waals surface area (Å²) in [5.41, 5.74) is 10.7. The van der Waals surface area contributed by atoms with Gasteiger partial charge in [0.25, 0.3) is 0 Å². The van der Waals surface area contributed by atoms with Crippen LogP contribution in [0.2, 0.25) is 10.2 Å². The fourth-order valence-corrected chi connectivity index (χ4v) is 7.04. The van der Waals surface area contributed by atoms with E-state index in [2.05, 4.69) is 103 Å². The molecule has 9 heterocycles. The van der Waals surface area contributed by atoms with Crippen LogP contribution in [0.25, 0.3) is 0 Å². The molecular weight excluding hydrogens is 964 g/mol. The van der Waals surface area contributed by atoms with Crippen LogP contribution in [0.5, 0.6) is 0 Å². The van der Waals surface area contributed by atoms with E-state index in [1.807, 2.05) is 160 Å². The molecule has 7 nitrogen and oxygen atoms in total. The van der Waals surface area contributed by atoms with Gasteiger partial charge in [-0.1, -0.05) is 90.3 Å². The van der Waals surface area contributed by atoms with Crippen molar-refractivity contribution in [3.05, 3.63) is 262 Å². The fourth-order valence-electron chi connectivity index (χ4n) is 4.65. The smallest absolute Gasteiger partial charge is 0.131 e. The molecule has 0 saturated carbocycles. The average Bonchev–Trinajstić information content (AvgIpc) is 4.25. The van der Waals surface area contributed by atoms with Gasteiger partial charge in [0.2, 0.25) is 0 Å². The highest BCUT2D eigenvalue weighted by molar-refractivity contribution is 7.10. The molecule has 10 aromatic rings. The minimum atomic E-state index is 0.590. The van der Waals surface area contributed by atoms with E-state index in [-0.39, 0.29) is 0 Å². The van der Waals surface area contributed by atoms with Crippen LogP contribution in [-0.4, -0.2) is 30.1 Å². The third-order valence-corrected chi connectivity index (χ3v) is 12.2. The highest BCUT2D eigenvalue weighted by Gasteiger charge is 1.98. The summed E-state index contributed by atoms with van der Waals surface area (Å²) in [7, 11) is 0. The van der Waals surface area contributed by atoms with Crippen molar-refractivity contribution in [1.82, 2.24) is 30.1 Å². The Morgan fingerprint density at radius 2 is 1.21 bits per heavy atom. The first kappa shape index (κ1) is 62.0. The van der Waals surface area contributed by atoms with E-state index in [0.717, 1.165) is 33.4 Å². The van der Waals surface area contributed by atoms with Crippen molar-refractivity contribution in [2.45, 2.75) is 89.5 Å². The van der Waals surface area contributed by atoms with E-state index < -0.39 is 0 Å². The lowest BCUT2D eigenvalue weighted by Crippen LogP contribution is -1.75. The number of rotatable bonds is 1. The number of nitrogens with zero attached hydrogens (tertiary/aromatic N) is 5. The number of pyridine rings is 4. The molecule has 1 N–H and O–H groups in total. The number of H-pyrrole nitrogens is 1. The Labute approximate surface area is 440 Å². The zero-order chi connectivity index (χ0) is 51.8.